The predicted octanol–water partition coefficient (Wildman–Crippen LogP) is 2.58. The molecule has 0 aliphatic carbocycles. The first kappa shape index (κ1) is 10.0. The molecule has 1 aromatic rings. The lowest BCUT2D eigenvalue weighted by Gasteiger charge is -2.07. The number of aryl methyl sites for hydroxylation is 1. The van der Waals surface area contributed by atoms with E-state index >= 15 is 0 Å². The lowest BCUT2D eigenvalue weighted by atomic mass is 9.99. The van der Waals surface area contributed by atoms with E-state index in [-0.39, 0.29) is 0 Å². The molecule has 0 fully saturated rings. The Morgan fingerprint density at radius 3 is 2.46 bits per heavy atom. The van der Waals surface area contributed by atoms with Crippen molar-refractivity contribution in [1.29, 1.82) is 0 Å². The normalized spacial score (nSPS) is 11.1. The van der Waals surface area contributed by atoms with E-state index in [2.05, 4.69) is 39.0 Å². The first-order chi connectivity index (χ1) is 6.16. The molecule has 1 heteroatoms. The van der Waals surface area contributed by atoms with Crippen LogP contribution in [0.3, 0.4) is 0 Å². The Balaban J connectivity index is 3.11. The van der Waals surface area contributed by atoms with E-state index < -0.39 is 0 Å². The molecule has 0 aromatic heterocycles. The third kappa shape index (κ3) is 2.19. The second-order valence-electron chi connectivity index (χ2n) is 3.36. The van der Waals surface area contributed by atoms with Crippen molar-refractivity contribution in [2.24, 2.45) is 5.73 Å². The zero-order chi connectivity index (χ0) is 9.84. The van der Waals surface area contributed by atoms with Crippen molar-refractivity contribution in [1.82, 2.24) is 0 Å². The first-order valence-electron chi connectivity index (χ1n) is 4.60. The van der Waals surface area contributed by atoms with Gasteiger partial charge in [-0.1, -0.05) is 24.3 Å². The van der Waals surface area contributed by atoms with Crippen LogP contribution >= 0.6 is 0 Å². The highest BCUT2D eigenvalue weighted by atomic mass is 14.5. The van der Waals surface area contributed by atoms with E-state index in [4.69, 9.17) is 5.73 Å². The zero-order valence-electron chi connectivity index (χ0n) is 8.59. The number of hydrogen-bond acceptors (Lipinski definition) is 1. The summed E-state index contributed by atoms with van der Waals surface area (Å²) in [7, 11) is 0. The predicted molar refractivity (Wildman–Crippen MR) is 58.7 cm³/mol. The number of benzene rings is 1. The molecule has 0 atom stereocenters. The van der Waals surface area contributed by atoms with Crippen LogP contribution in [-0.2, 0) is 0 Å². The van der Waals surface area contributed by atoms with E-state index in [1.807, 2.05) is 6.08 Å². The maximum atomic E-state index is 5.41. The Bertz CT molecular complexity index is 324. The second kappa shape index (κ2) is 4.24. The molecule has 1 aromatic carbocycles. The largest absolute Gasteiger partial charge is 0.327 e. The average molecular weight is 175 g/mol. The van der Waals surface area contributed by atoms with Crippen LogP contribution in [-0.4, -0.2) is 6.54 Å². The minimum absolute atomic E-state index is 0.604. The molecule has 0 aliphatic rings. The number of rotatable bonds is 2. The summed E-state index contributed by atoms with van der Waals surface area (Å²) in [5.41, 5.74) is 10.8. The van der Waals surface area contributed by atoms with Crippen molar-refractivity contribution in [2.45, 2.75) is 20.8 Å². The highest BCUT2D eigenvalue weighted by molar-refractivity contribution is 5.56. The van der Waals surface area contributed by atoms with Crippen LogP contribution < -0.4 is 5.73 Å². The van der Waals surface area contributed by atoms with Crippen molar-refractivity contribution in [3.63, 3.8) is 0 Å². The molecular weight excluding hydrogens is 158 g/mol. The van der Waals surface area contributed by atoms with Crippen LogP contribution in [0.4, 0.5) is 0 Å². The Labute approximate surface area is 80.3 Å². The van der Waals surface area contributed by atoms with Gasteiger partial charge >= 0.3 is 0 Å². The summed E-state index contributed by atoms with van der Waals surface area (Å²) in [6.07, 6.45) is 4.07. The van der Waals surface area contributed by atoms with E-state index in [1.54, 1.807) is 0 Å². The molecular formula is C12H17N. The molecule has 0 unspecified atom stereocenters. The van der Waals surface area contributed by atoms with Gasteiger partial charge in [0.1, 0.15) is 0 Å². The van der Waals surface area contributed by atoms with Crippen LogP contribution in [0.15, 0.2) is 18.2 Å². The quantitative estimate of drug-likeness (QED) is 0.734. The summed E-state index contributed by atoms with van der Waals surface area (Å²) >= 11 is 0. The van der Waals surface area contributed by atoms with Crippen molar-refractivity contribution in [2.75, 3.05) is 6.54 Å². The first-order valence-corrected chi connectivity index (χ1v) is 4.60. The van der Waals surface area contributed by atoms with Gasteiger partial charge < -0.3 is 5.73 Å². The molecule has 0 radical (unpaired) electrons. The third-order valence-electron chi connectivity index (χ3n) is 2.53. The molecule has 0 saturated carbocycles. The van der Waals surface area contributed by atoms with Gasteiger partial charge in [-0.3, -0.25) is 0 Å². The molecule has 0 amide bonds. The molecule has 0 spiro atoms. The summed E-state index contributed by atoms with van der Waals surface area (Å²) < 4.78 is 0. The van der Waals surface area contributed by atoms with Gasteiger partial charge in [-0.15, -0.1) is 0 Å². The van der Waals surface area contributed by atoms with Gasteiger partial charge in [-0.2, -0.15) is 0 Å². The van der Waals surface area contributed by atoms with E-state index in [9.17, 15) is 0 Å². The smallest absolute Gasteiger partial charge is 0.0110 e. The Hall–Kier alpha value is -1.08. The lowest BCUT2D eigenvalue weighted by molar-refractivity contribution is 1.24. The molecule has 0 saturated heterocycles. The Morgan fingerprint density at radius 2 is 1.85 bits per heavy atom. The van der Waals surface area contributed by atoms with Gasteiger partial charge in [-0.25, -0.2) is 0 Å². The fourth-order valence-electron chi connectivity index (χ4n) is 1.35. The van der Waals surface area contributed by atoms with Gasteiger partial charge in [0.2, 0.25) is 0 Å². The third-order valence-corrected chi connectivity index (χ3v) is 2.53. The van der Waals surface area contributed by atoms with Crippen molar-refractivity contribution in [3.8, 4) is 0 Å². The maximum absolute atomic E-state index is 5.41. The topological polar surface area (TPSA) is 26.0 Å². The molecule has 13 heavy (non-hydrogen) atoms. The van der Waals surface area contributed by atoms with E-state index in [0.29, 0.717) is 6.54 Å². The minimum atomic E-state index is 0.604. The molecule has 2 N–H and O–H groups in total. The summed E-state index contributed by atoms with van der Waals surface area (Å²) in [5.74, 6) is 0. The van der Waals surface area contributed by atoms with Crippen molar-refractivity contribution >= 4 is 6.08 Å². The highest BCUT2D eigenvalue weighted by Crippen LogP contribution is 2.17. The van der Waals surface area contributed by atoms with Gasteiger partial charge in [0.25, 0.3) is 0 Å². The van der Waals surface area contributed by atoms with Crippen LogP contribution in [0, 0.1) is 20.8 Å². The van der Waals surface area contributed by atoms with E-state index in [1.165, 1.54) is 22.3 Å². The number of nitrogens with two attached hydrogens (primary N) is 1. The highest BCUT2D eigenvalue weighted by Gasteiger charge is 1.99. The average Bonchev–Trinajstić information content (AvgIpc) is 2.13. The van der Waals surface area contributed by atoms with Gasteiger partial charge in [0, 0.05) is 6.54 Å². The Kier molecular flexibility index (Phi) is 3.26. The van der Waals surface area contributed by atoms with Gasteiger partial charge in [0.05, 0.1) is 0 Å². The maximum Gasteiger partial charge on any atom is 0.0110 e. The zero-order valence-corrected chi connectivity index (χ0v) is 8.59. The molecule has 0 heterocycles. The van der Waals surface area contributed by atoms with Crippen LogP contribution in [0.5, 0.6) is 0 Å². The monoisotopic (exact) mass is 175 g/mol. The van der Waals surface area contributed by atoms with Gasteiger partial charge in [-0.05, 0) is 43.0 Å². The number of hydrogen-bond donors (Lipinski definition) is 1. The van der Waals surface area contributed by atoms with Gasteiger partial charge in [0.15, 0.2) is 0 Å². The SMILES string of the molecule is Cc1ccc(/C=C/CN)c(C)c1C. The summed E-state index contributed by atoms with van der Waals surface area (Å²) in [5, 5.41) is 0. The fourth-order valence-corrected chi connectivity index (χ4v) is 1.35. The van der Waals surface area contributed by atoms with E-state index in [0.717, 1.165) is 0 Å². The standard InChI is InChI=1S/C12H17N/c1-9-6-7-12(5-4-8-13)11(3)10(9)2/h4-7H,8,13H2,1-3H3/b5-4+. The van der Waals surface area contributed by atoms with Crippen LogP contribution in [0.1, 0.15) is 22.3 Å². The second-order valence-corrected chi connectivity index (χ2v) is 3.36. The van der Waals surface area contributed by atoms with Crippen LogP contribution in [0.25, 0.3) is 6.08 Å². The fraction of sp³-hybridized carbons (Fsp3) is 0.333. The summed E-state index contributed by atoms with van der Waals surface area (Å²) in [6.45, 7) is 7.05. The Morgan fingerprint density at radius 1 is 1.15 bits per heavy atom. The molecule has 0 aliphatic heterocycles. The summed E-state index contributed by atoms with van der Waals surface area (Å²) in [4.78, 5) is 0. The van der Waals surface area contributed by atoms with Crippen molar-refractivity contribution in [3.05, 3.63) is 40.5 Å². The lowest BCUT2D eigenvalue weighted by Crippen LogP contribution is -1.93. The molecule has 0 bridgehead atoms. The molecule has 1 rings (SSSR count). The van der Waals surface area contributed by atoms with Crippen LogP contribution in [0.2, 0.25) is 0 Å². The minimum Gasteiger partial charge on any atom is -0.327 e. The summed E-state index contributed by atoms with van der Waals surface area (Å²) in [6, 6.07) is 4.29. The van der Waals surface area contributed by atoms with Crippen molar-refractivity contribution < 1.29 is 0 Å². The molecule has 1 nitrogen and oxygen atoms in total. The molecule has 70 valence electrons.